The minimum absolute atomic E-state index is 0.0285. The van der Waals surface area contributed by atoms with Crippen LogP contribution >= 0.6 is 15.9 Å². The lowest BCUT2D eigenvalue weighted by atomic mass is 9.98. The van der Waals surface area contributed by atoms with Gasteiger partial charge in [0, 0.05) is 28.8 Å². The molecule has 2 heterocycles. The molecule has 0 saturated carbocycles. The van der Waals surface area contributed by atoms with Crippen LogP contribution in [0.15, 0.2) is 53.0 Å². The number of rotatable bonds is 3. The summed E-state index contributed by atoms with van der Waals surface area (Å²) in [5, 5.41) is 0. The molecule has 2 aromatic carbocycles. The molecular formula is C26H32BrFN4O. The standard InChI is InChI=1S/C19H25BrN4O.C7H7F/c1-12(2)17-16(13-5-7-14(20)8-6-13)22-18-19(3,4)24(15(25)11-21)10-9-23(17)18;1-6-2-4-7(8)5-3-6/h5-8,12H,9-11,21H2,1-4H3;2-5H,1H3. The van der Waals surface area contributed by atoms with Crippen LogP contribution in [0.2, 0.25) is 0 Å². The van der Waals surface area contributed by atoms with E-state index in [2.05, 4.69) is 46.5 Å². The number of benzene rings is 2. The normalized spacial score (nSPS) is 14.5. The van der Waals surface area contributed by atoms with E-state index in [9.17, 15) is 9.18 Å². The first kappa shape index (κ1) is 25.1. The van der Waals surface area contributed by atoms with Crippen LogP contribution < -0.4 is 5.73 Å². The number of amides is 1. The minimum Gasteiger partial charge on any atom is -0.327 e. The molecule has 33 heavy (non-hydrogen) atoms. The average molecular weight is 515 g/mol. The molecule has 5 nitrogen and oxygen atoms in total. The van der Waals surface area contributed by atoms with Gasteiger partial charge in [-0.3, -0.25) is 4.79 Å². The van der Waals surface area contributed by atoms with Gasteiger partial charge in [0.05, 0.1) is 17.8 Å². The molecule has 1 aliphatic rings. The highest BCUT2D eigenvalue weighted by atomic mass is 79.9. The van der Waals surface area contributed by atoms with E-state index in [4.69, 9.17) is 10.7 Å². The summed E-state index contributed by atoms with van der Waals surface area (Å²) in [6, 6.07) is 14.6. The Morgan fingerprint density at radius 2 is 1.73 bits per heavy atom. The van der Waals surface area contributed by atoms with Gasteiger partial charge >= 0.3 is 0 Å². The second kappa shape index (κ2) is 10.2. The summed E-state index contributed by atoms with van der Waals surface area (Å²) in [6.07, 6.45) is 0. The lowest BCUT2D eigenvalue weighted by Crippen LogP contribution is -2.53. The van der Waals surface area contributed by atoms with Crippen molar-refractivity contribution in [3.63, 3.8) is 0 Å². The van der Waals surface area contributed by atoms with Crippen LogP contribution in [0.5, 0.6) is 0 Å². The zero-order valence-corrected chi connectivity index (χ0v) is 21.5. The molecule has 0 fully saturated rings. The number of hydrogen-bond acceptors (Lipinski definition) is 3. The van der Waals surface area contributed by atoms with E-state index in [1.165, 1.54) is 17.8 Å². The van der Waals surface area contributed by atoms with Gasteiger partial charge in [-0.15, -0.1) is 0 Å². The summed E-state index contributed by atoms with van der Waals surface area (Å²) in [7, 11) is 0. The van der Waals surface area contributed by atoms with E-state index in [1.54, 1.807) is 12.1 Å². The zero-order chi connectivity index (χ0) is 24.3. The fraction of sp³-hybridized carbons (Fsp3) is 0.385. The second-order valence-corrected chi connectivity index (χ2v) is 10.0. The molecule has 0 saturated heterocycles. The number of nitrogens with zero attached hydrogens (tertiary/aromatic N) is 3. The number of hydrogen-bond donors (Lipinski definition) is 1. The molecule has 0 atom stereocenters. The Bertz CT molecular complexity index is 1080. The lowest BCUT2D eigenvalue weighted by molar-refractivity contribution is -0.137. The van der Waals surface area contributed by atoms with Crippen LogP contribution in [0.25, 0.3) is 11.3 Å². The maximum absolute atomic E-state index is 12.3. The Balaban J connectivity index is 0.000000323. The predicted molar refractivity (Wildman–Crippen MR) is 134 cm³/mol. The monoisotopic (exact) mass is 514 g/mol. The molecule has 1 aromatic heterocycles. The fourth-order valence-electron chi connectivity index (χ4n) is 4.24. The van der Waals surface area contributed by atoms with E-state index in [-0.39, 0.29) is 18.3 Å². The molecule has 2 N–H and O–H groups in total. The van der Waals surface area contributed by atoms with E-state index in [0.29, 0.717) is 12.5 Å². The van der Waals surface area contributed by atoms with Gasteiger partial charge in [0.15, 0.2) is 0 Å². The highest BCUT2D eigenvalue weighted by molar-refractivity contribution is 9.10. The molecule has 1 aliphatic heterocycles. The number of aryl methyl sites for hydroxylation is 1. The number of nitrogens with two attached hydrogens (primary N) is 1. The minimum atomic E-state index is -0.480. The molecular weight excluding hydrogens is 483 g/mol. The Morgan fingerprint density at radius 3 is 2.24 bits per heavy atom. The van der Waals surface area contributed by atoms with Gasteiger partial charge in [-0.2, -0.15) is 0 Å². The molecule has 0 bridgehead atoms. The highest BCUT2D eigenvalue weighted by Crippen LogP contribution is 2.38. The molecule has 4 rings (SSSR count). The quantitative estimate of drug-likeness (QED) is 0.494. The van der Waals surface area contributed by atoms with E-state index in [0.717, 1.165) is 33.7 Å². The Morgan fingerprint density at radius 1 is 1.12 bits per heavy atom. The molecule has 7 heteroatoms. The largest absolute Gasteiger partial charge is 0.327 e. The third kappa shape index (κ3) is 5.36. The summed E-state index contributed by atoms with van der Waals surface area (Å²) in [4.78, 5) is 19.1. The molecule has 0 radical (unpaired) electrons. The average Bonchev–Trinajstić information content (AvgIpc) is 3.18. The van der Waals surface area contributed by atoms with E-state index in [1.807, 2.05) is 37.8 Å². The zero-order valence-electron chi connectivity index (χ0n) is 19.9. The smallest absolute Gasteiger partial charge is 0.237 e. The summed E-state index contributed by atoms with van der Waals surface area (Å²) < 4.78 is 15.4. The van der Waals surface area contributed by atoms with Crippen molar-refractivity contribution in [2.24, 2.45) is 5.73 Å². The highest BCUT2D eigenvalue weighted by Gasteiger charge is 2.41. The third-order valence-corrected chi connectivity index (χ3v) is 6.46. The first-order chi connectivity index (χ1) is 15.6. The van der Waals surface area contributed by atoms with Crippen molar-refractivity contribution in [2.45, 2.75) is 52.6 Å². The van der Waals surface area contributed by atoms with Crippen molar-refractivity contribution < 1.29 is 9.18 Å². The van der Waals surface area contributed by atoms with Crippen LogP contribution in [-0.4, -0.2) is 33.4 Å². The van der Waals surface area contributed by atoms with Gasteiger partial charge in [0.1, 0.15) is 11.6 Å². The number of aromatic nitrogens is 2. The van der Waals surface area contributed by atoms with Crippen LogP contribution in [0.3, 0.4) is 0 Å². The third-order valence-electron chi connectivity index (χ3n) is 5.93. The topological polar surface area (TPSA) is 64.2 Å². The van der Waals surface area contributed by atoms with E-state index < -0.39 is 5.54 Å². The number of carbonyl (C=O) groups is 1. The van der Waals surface area contributed by atoms with Crippen LogP contribution in [0.4, 0.5) is 4.39 Å². The molecule has 0 unspecified atom stereocenters. The van der Waals surface area contributed by atoms with Gasteiger partial charge in [-0.05, 0) is 51.0 Å². The summed E-state index contributed by atoms with van der Waals surface area (Å²) in [5.74, 6) is 1.07. The summed E-state index contributed by atoms with van der Waals surface area (Å²) in [5.41, 5.74) is 9.55. The van der Waals surface area contributed by atoms with Gasteiger partial charge in [-0.1, -0.05) is 59.6 Å². The van der Waals surface area contributed by atoms with Crippen LogP contribution in [-0.2, 0) is 16.9 Å². The fourth-order valence-corrected chi connectivity index (χ4v) is 4.51. The van der Waals surface area contributed by atoms with Crippen molar-refractivity contribution in [2.75, 3.05) is 13.1 Å². The number of imidazole rings is 1. The first-order valence-electron chi connectivity index (χ1n) is 11.2. The van der Waals surface area contributed by atoms with Crippen molar-refractivity contribution in [3.05, 3.63) is 75.9 Å². The Kier molecular flexibility index (Phi) is 7.75. The molecule has 3 aromatic rings. The maximum atomic E-state index is 12.3. The van der Waals surface area contributed by atoms with E-state index >= 15 is 0 Å². The molecule has 1 amide bonds. The summed E-state index contributed by atoms with van der Waals surface area (Å²) >= 11 is 3.49. The predicted octanol–water partition coefficient (Wildman–Crippen LogP) is 5.61. The van der Waals surface area contributed by atoms with Gasteiger partial charge in [-0.25, -0.2) is 9.37 Å². The van der Waals surface area contributed by atoms with Gasteiger partial charge in [0.2, 0.25) is 5.91 Å². The number of fused-ring (bicyclic) bond motifs is 1. The number of carbonyl (C=O) groups excluding carboxylic acids is 1. The summed E-state index contributed by atoms with van der Waals surface area (Å²) in [6.45, 7) is 11.9. The molecule has 0 spiro atoms. The second-order valence-electron chi connectivity index (χ2n) is 9.09. The SMILES string of the molecule is CC(C)c1c(-c2ccc(Br)cc2)nc2n1CCN(C(=O)CN)C2(C)C.Cc1ccc(F)cc1. The van der Waals surface area contributed by atoms with Crippen molar-refractivity contribution in [1.29, 1.82) is 0 Å². The molecule has 0 aliphatic carbocycles. The first-order valence-corrected chi connectivity index (χ1v) is 11.9. The van der Waals surface area contributed by atoms with Crippen molar-refractivity contribution in [1.82, 2.24) is 14.5 Å². The lowest BCUT2D eigenvalue weighted by Gasteiger charge is -2.42. The Labute approximate surface area is 203 Å². The van der Waals surface area contributed by atoms with Crippen LogP contribution in [0.1, 0.15) is 50.7 Å². The Hall–Kier alpha value is -2.51. The van der Waals surface area contributed by atoms with Crippen molar-refractivity contribution in [3.8, 4) is 11.3 Å². The van der Waals surface area contributed by atoms with Crippen molar-refractivity contribution >= 4 is 21.8 Å². The molecule has 176 valence electrons. The van der Waals surface area contributed by atoms with Gasteiger partial charge in [0.25, 0.3) is 0 Å². The van der Waals surface area contributed by atoms with Gasteiger partial charge < -0.3 is 15.2 Å². The maximum Gasteiger partial charge on any atom is 0.237 e. The van der Waals surface area contributed by atoms with Crippen LogP contribution in [0, 0.1) is 12.7 Å². The number of halogens is 2.